The smallest absolute Gasteiger partial charge is 0.152 e. The Bertz CT molecular complexity index is 575. The highest BCUT2D eigenvalue weighted by atomic mass is 35.5. The zero-order chi connectivity index (χ0) is 13.9. The molecule has 2 atom stereocenters. The van der Waals surface area contributed by atoms with Gasteiger partial charge in [-0.05, 0) is 44.9 Å². The number of nitrogens with one attached hydrogen (secondary N) is 1. The summed E-state index contributed by atoms with van der Waals surface area (Å²) >= 11 is 6.17. The fourth-order valence-electron chi connectivity index (χ4n) is 2.85. The SMILES string of the molecule is CNC(CC1CCCCO1)c1cc2cccc(Cl)c2o1. The number of para-hydroxylation sites is 1. The summed E-state index contributed by atoms with van der Waals surface area (Å²) in [6, 6.07) is 8.07. The molecule has 0 aliphatic carbocycles. The lowest BCUT2D eigenvalue weighted by Gasteiger charge is -2.25. The quantitative estimate of drug-likeness (QED) is 0.912. The minimum absolute atomic E-state index is 0.168. The van der Waals surface area contributed by atoms with E-state index in [4.69, 9.17) is 20.8 Å². The summed E-state index contributed by atoms with van der Waals surface area (Å²) in [7, 11) is 1.96. The van der Waals surface area contributed by atoms with Gasteiger partial charge in [0.15, 0.2) is 5.58 Å². The number of benzene rings is 1. The van der Waals surface area contributed by atoms with Crippen LogP contribution in [-0.2, 0) is 4.74 Å². The van der Waals surface area contributed by atoms with Crippen molar-refractivity contribution in [3.8, 4) is 0 Å². The van der Waals surface area contributed by atoms with Crippen molar-refractivity contribution in [1.82, 2.24) is 5.32 Å². The van der Waals surface area contributed by atoms with E-state index in [-0.39, 0.29) is 6.04 Å². The van der Waals surface area contributed by atoms with Crippen LogP contribution in [0.1, 0.15) is 37.5 Å². The van der Waals surface area contributed by atoms with E-state index in [0.717, 1.165) is 36.2 Å². The largest absolute Gasteiger partial charge is 0.458 e. The Morgan fingerprint density at radius 2 is 2.30 bits per heavy atom. The molecule has 3 rings (SSSR count). The fraction of sp³-hybridized carbons (Fsp3) is 0.500. The minimum Gasteiger partial charge on any atom is -0.458 e. The van der Waals surface area contributed by atoms with Crippen molar-refractivity contribution in [3.63, 3.8) is 0 Å². The van der Waals surface area contributed by atoms with Gasteiger partial charge in [0.05, 0.1) is 17.2 Å². The Morgan fingerprint density at radius 1 is 1.40 bits per heavy atom. The van der Waals surface area contributed by atoms with Gasteiger partial charge in [0.2, 0.25) is 0 Å². The van der Waals surface area contributed by atoms with Crippen LogP contribution in [0.15, 0.2) is 28.7 Å². The molecule has 1 saturated heterocycles. The van der Waals surface area contributed by atoms with E-state index in [1.807, 2.05) is 25.2 Å². The van der Waals surface area contributed by atoms with Crippen molar-refractivity contribution >= 4 is 22.6 Å². The summed E-state index contributed by atoms with van der Waals surface area (Å²) in [5.41, 5.74) is 0.772. The molecular formula is C16H20ClNO2. The summed E-state index contributed by atoms with van der Waals surface area (Å²) in [4.78, 5) is 0. The lowest BCUT2D eigenvalue weighted by Crippen LogP contribution is -2.26. The van der Waals surface area contributed by atoms with Crippen molar-refractivity contribution < 1.29 is 9.15 Å². The molecule has 1 aromatic heterocycles. The first-order chi connectivity index (χ1) is 9.78. The van der Waals surface area contributed by atoms with Gasteiger partial charge in [-0.1, -0.05) is 23.7 Å². The predicted molar refractivity (Wildman–Crippen MR) is 81.2 cm³/mol. The molecule has 1 N–H and O–H groups in total. The molecule has 2 unspecified atom stereocenters. The third-order valence-corrected chi connectivity index (χ3v) is 4.28. The van der Waals surface area contributed by atoms with E-state index in [1.54, 1.807) is 0 Å². The molecule has 108 valence electrons. The highest BCUT2D eigenvalue weighted by molar-refractivity contribution is 6.34. The molecule has 3 nitrogen and oxygen atoms in total. The standard InChI is InChI=1S/C16H20ClNO2/c1-18-14(10-12-6-2-3-8-19-12)15-9-11-5-4-7-13(17)16(11)20-15/h4-5,7,9,12,14,18H,2-3,6,8,10H2,1H3. The van der Waals surface area contributed by atoms with Gasteiger partial charge in [0, 0.05) is 12.0 Å². The van der Waals surface area contributed by atoms with E-state index in [1.165, 1.54) is 12.8 Å². The molecule has 2 aromatic rings. The summed E-state index contributed by atoms with van der Waals surface area (Å²) in [6.07, 6.45) is 4.84. The van der Waals surface area contributed by atoms with Gasteiger partial charge in [-0.15, -0.1) is 0 Å². The van der Waals surface area contributed by atoms with Crippen LogP contribution < -0.4 is 5.32 Å². The minimum atomic E-state index is 0.168. The number of hydrogen-bond acceptors (Lipinski definition) is 3. The zero-order valence-corrected chi connectivity index (χ0v) is 12.5. The van der Waals surface area contributed by atoms with Crippen molar-refractivity contribution in [2.45, 2.75) is 37.8 Å². The van der Waals surface area contributed by atoms with Gasteiger partial charge >= 0.3 is 0 Å². The van der Waals surface area contributed by atoms with Gasteiger partial charge in [-0.25, -0.2) is 0 Å². The normalized spacial score (nSPS) is 21.2. The number of fused-ring (bicyclic) bond motifs is 1. The van der Waals surface area contributed by atoms with Crippen molar-refractivity contribution in [1.29, 1.82) is 0 Å². The van der Waals surface area contributed by atoms with Crippen LogP contribution in [0.4, 0.5) is 0 Å². The predicted octanol–water partition coefficient (Wildman–Crippen LogP) is 4.31. The van der Waals surface area contributed by atoms with E-state index in [2.05, 4.69) is 11.4 Å². The molecule has 1 aromatic carbocycles. The van der Waals surface area contributed by atoms with Gasteiger partial charge in [0.1, 0.15) is 5.76 Å². The summed E-state index contributed by atoms with van der Waals surface area (Å²) in [5.74, 6) is 0.935. The molecular weight excluding hydrogens is 274 g/mol. The van der Waals surface area contributed by atoms with E-state index >= 15 is 0 Å². The third kappa shape index (κ3) is 2.85. The molecule has 0 spiro atoms. The molecule has 20 heavy (non-hydrogen) atoms. The molecule has 4 heteroatoms. The van der Waals surface area contributed by atoms with Gasteiger partial charge in [0.25, 0.3) is 0 Å². The van der Waals surface area contributed by atoms with Crippen LogP contribution in [0.2, 0.25) is 5.02 Å². The third-order valence-electron chi connectivity index (χ3n) is 3.98. The molecule has 0 amide bonds. The maximum Gasteiger partial charge on any atom is 0.152 e. The Balaban J connectivity index is 1.81. The van der Waals surface area contributed by atoms with Gasteiger partial charge in [-0.2, -0.15) is 0 Å². The lowest BCUT2D eigenvalue weighted by atomic mass is 10.0. The van der Waals surface area contributed by atoms with Crippen LogP contribution in [0.25, 0.3) is 11.0 Å². The van der Waals surface area contributed by atoms with Crippen molar-refractivity contribution in [3.05, 3.63) is 35.0 Å². The topological polar surface area (TPSA) is 34.4 Å². The zero-order valence-electron chi connectivity index (χ0n) is 11.7. The van der Waals surface area contributed by atoms with Crippen LogP contribution in [0.3, 0.4) is 0 Å². The monoisotopic (exact) mass is 293 g/mol. The number of hydrogen-bond donors (Lipinski definition) is 1. The first kappa shape index (κ1) is 13.9. The molecule has 0 bridgehead atoms. The van der Waals surface area contributed by atoms with E-state index < -0.39 is 0 Å². The van der Waals surface area contributed by atoms with Crippen LogP contribution in [0.5, 0.6) is 0 Å². The Morgan fingerprint density at radius 3 is 3.00 bits per heavy atom. The second kappa shape index (κ2) is 6.17. The summed E-state index contributed by atoms with van der Waals surface area (Å²) in [5, 5.41) is 5.05. The highest BCUT2D eigenvalue weighted by Crippen LogP contribution is 2.32. The maximum atomic E-state index is 6.17. The second-order valence-electron chi connectivity index (χ2n) is 5.37. The number of rotatable bonds is 4. The second-order valence-corrected chi connectivity index (χ2v) is 5.78. The first-order valence-electron chi connectivity index (χ1n) is 7.25. The fourth-order valence-corrected chi connectivity index (χ4v) is 3.07. The van der Waals surface area contributed by atoms with Gasteiger partial charge in [-0.3, -0.25) is 0 Å². The average Bonchev–Trinajstić information content (AvgIpc) is 2.91. The Hall–Kier alpha value is -1.03. The Labute approximate surface area is 124 Å². The molecule has 1 aliphatic rings. The first-order valence-corrected chi connectivity index (χ1v) is 7.62. The average molecular weight is 294 g/mol. The Kier molecular flexibility index (Phi) is 4.29. The molecule has 2 heterocycles. The van der Waals surface area contributed by atoms with Crippen molar-refractivity contribution in [2.24, 2.45) is 0 Å². The van der Waals surface area contributed by atoms with Crippen LogP contribution in [-0.4, -0.2) is 19.8 Å². The highest BCUT2D eigenvalue weighted by Gasteiger charge is 2.22. The van der Waals surface area contributed by atoms with Gasteiger partial charge < -0.3 is 14.5 Å². The van der Waals surface area contributed by atoms with Crippen LogP contribution in [0, 0.1) is 0 Å². The number of furan rings is 1. The molecule has 1 aliphatic heterocycles. The van der Waals surface area contributed by atoms with E-state index in [0.29, 0.717) is 11.1 Å². The summed E-state index contributed by atoms with van der Waals surface area (Å²) in [6.45, 7) is 0.882. The molecule has 0 saturated carbocycles. The number of ether oxygens (including phenoxy) is 1. The van der Waals surface area contributed by atoms with E-state index in [9.17, 15) is 0 Å². The number of halogens is 1. The summed E-state index contributed by atoms with van der Waals surface area (Å²) < 4.78 is 11.8. The molecule has 1 fully saturated rings. The maximum absolute atomic E-state index is 6.17. The molecule has 0 radical (unpaired) electrons. The lowest BCUT2D eigenvalue weighted by molar-refractivity contribution is 0.00430. The van der Waals surface area contributed by atoms with Crippen LogP contribution >= 0.6 is 11.6 Å². The van der Waals surface area contributed by atoms with Crippen molar-refractivity contribution in [2.75, 3.05) is 13.7 Å².